The molecule has 0 spiro atoms. The summed E-state index contributed by atoms with van der Waals surface area (Å²) in [6, 6.07) is 3.53. The van der Waals surface area contributed by atoms with Gasteiger partial charge in [-0.15, -0.1) is 0 Å². The van der Waals surface area contributed by atoms with Gasteiger partial charge in [-0.1, -0.05) is 0 Å². The van der Waals surface area contributed by atoms with Crippen LogP contribution < -0.4 is 0 Å². The molecule has 2 aliphatic carbocycles. The van der Waals surface area contributed by atoms with E-state index < -0.39 is 21.8 Å². The quantitative estimate of drug-likeness (QED) is 0.432. The van der Waals surface area contributed by atoms with E-state index in [9.17, 15) is 21.6 Å². The van der Waals surface area contributed by atoms with Crippen LogP contribution in [0, 0.1) is 5.92 Å². The molecule has 0 amide bonds. The fraction of sp³-hybridized carbons (Fsp3) is 0.739. The highest BCUT2D eigenvalue weighted by Gasteiger charge is 2.34. The van der Waals surface area contributed by atoms with E-state index in [0.29, 0.717) is 12.8 Å². The lowest BCUT2D eigenvalue weighted by molar-refractivity contribution is -0.137. The van der Waals surface area contributed by atoms with Gasteiger partial charge in [-0.2, -0.15) is 17.5 Å². The number of ether oxygens (including phenoxy) is 1. The molecule has 5 nitrogen and oxygen atoms in total. The Morgan fingerprint density at radius 1 is 0.969 bits per heavy atom. The van der Waals surface area contributed by atoms with Gasteiger partial charge in [0, 0.05) is 26.2 Å². The number of rotatable bonds is 11. The van der Waals surface area contributed by atoms with E-state index in [0.717, 1.165) is 69.0 Å². The molecule has 0 N–H and O–H groups in total. The Morgan fingerprint density at radius 3 is 2.16 bits per heavy atom. The van der Waals surface area contributed by atoms with E-state index in [4.69, 9.17) is 4.74 Å². The number of hydrogen-bond acceptors (Lipinski definition) is 4. The van der Waals surface area contributed by atoms with Gasteiger partial charge in [0.1, 0.15) is 0 Å². The van der Waals surface area contributed by atoms with Crippen molar-refractivity contribution in [3.05, 3.63) is 29.8 Å². The zero-order chi connectivity index (χ0) is 23.4. The number of benzene rings is 1. The summed E-state index contributed by atoms with van der Waals surface area (Å²) < 4.78 is 71.2. The van der Waals surface area contributed by atoms with Crippen molar-refractivity contribution in [1.82, 2.24) is 9.21 Å². The summed E-state index contributed by atoms with van der Waals surface area (Å²) in [4.78, 5) is 2.29. The van der Waals surface area contributed by atoms with Crippen LogP contribution in [0.1, 0.15) is 56.9 Å². The van der Waals surface area contributed by atoms with Gasteiger partial charge in [0.15, 0.2) is 0 Å². The van der Waals surface area contributed by atoms with Crippen molar-refractivity contribution in [2.45, 2.75) is 74.6 Å². The first kappa shape index (κ1) is 25.5. The highest BCUT2D eigenvalue weighted by atomic mass is 32.2. The Labute approximate surface area is 190 Å². The van der Waals surface area contributed by atoms with Gasteiger partial charge in [0.05, 0.1) is 16.6 Å². The highest BCUT2D eigenvalue weighted by Crippen LogP contribution is 2.32. The molecule has 0 aromatic heterocycles. The zero-order valence-electron chi connectivity index (χ0n) is 19.0. The maximum absolute atomic E-state index is 12.9. The van der Waals surface area contributed by atoms with Crippen LogP contribution in [0.3, 0.4) is 0 Å². The fourth-order valence-electron chi connectivity index (χ4n) is 4.32. The summed E-state index contributed by atoms with van der Waals surface area (Å²) in [6.07, 6.45) is 3.50. The van der Waals surface area contributed by atoms with Gasteiger partial charge in [-0.25, -0.2) is 8.42 Å². The molecule has 2 aliphatic rings. The second kappa shape index (κ2) is 10.8. The molecule has 2 fully saturated rings. The molecular formula is C23H35F3N2O3S. The summed E-state index contributed by atoms with van der Waals surface area (Å²) in [7, 11) is -0.147. The third kappa shape index (κ3) is 7.17. The molecule has 0 radical (unpaired) electrons. The van der Waals surface area contributed by atoms with Crippen LogP contribution in [0.2, 0.25) is 0 Å². The summed E-state index contributed by atoms with van der Waals surface area (Å²) in [5, 5.41) is 0. The third-order valence-electron chi connectivity index (χ3n) is 6.57. The van der Waals surface area contributed by atoms with E-state index >= 15 is 0 Å². The molecule has 0 aliphatic heterocycles. The predicted octanol–water partition coefficient (Wildman–Crippen LogP) is 4.78. The summed E-state index contributed by atoms with van der Waals surface area (Å²) in [5.74, 6) is 0.910. The monoisotopic (exact) mass is 476 g/mol. The molecule has 1 aromatic rings. The van der Waals surface area contributed by atoms with Gasteiger partial charge >= 0.3 is 6.18 Å². The minimum atomic E-state index is -4.49. The molecule has 1 aromatic carbocycles. The second-order valence-electron chi connectivity index (χ2n) is 9.26. The number of hydrogen-bond donors (Lipinski definition) is 0. The van der Waals surface area contributed by atoms with Crippen LogP contribution >= 0.6 is 0 Å². The molecule has 0 atom stereocenters. The van der Waals surface area contributed by atoms with Crippen LogP contribution in [0.5, 0.6) is 0 Å². The highest BCUT2D eigenvalue weighted by molar-refractivity contribution is 7.89. The maximum Gasteiger partial charge on any atom is 0.416 e. The Bertz CT molecular complexity index is 818. The molecule has 0 bridgehead atoms. The largest absolute Gasteiger partial charge is 0.416 e. The van der Waals surface area contributed by atoms with Gasteiger partial charge in [-0.05, 0) is 95.1 Å². The number of unbranched alkanes of at least 4 members (excludes halogenated alkanes) is 1. The van der Waals surface area contributed by atoms with E-state index in [1.807, 2.05) is 0 Å². The first-order valence-corrected chi connectivity index (χ1v) is 13.0. The van der Waals surface area contributed by atoms with Crippen molar-refractivity contribution < 1.29 is 26.3 Å². The topological polar surface area (TPSA) is 49.9 Å². The van der Waals surface area contributed by atoms with Crippen LogP contribution in [0.25, 0.3) is 0 Å². The summed E-state index contributed by atoms with van der Waals surface area (Å²) in [5.41, 5.74) is -0.855. The van der Waals surface area contributed by atoms with Gasteiger partial charge in [0.2, 0.25) is 10.0 Å². The smallest absolute Gasteiger partial charge is 0.378 e. The predicted molar refractivity (Wildman–Crippen MR) is 118 cm³/mol. The van der Waals surface area contributed by atoms with Crippen molar-refractivity contribution in [1.29, 1.82) is 0 Å². The third-order valence-corrected chi connectivity index (χ3v) is 8.50. The lowest BCUT2D eigenvalue weighted by Crippen LogP contribution is -2.40. The van der Waals surface area contributed by atoms with E-state index in [2.05, 4.69) is 11.9 Å². The second-order valence-corrected chi connectivity index (χ2v) is 11.3. The first-order chi connectivity index (χ1) is 15.1. The Kier molecular flexibility index (Phi) is 8.63. The Hall–Kier alpha value is -1.16. The van der Waals surface area contributed by atoms with Gasteiger partial charge in [0.25, 0.3) is 0 Å². The average molecular weight is 477 g/mol. The van der Waals surface area contributed by atoms with Crippen molar-refractivity contribution in [2.75, 3.05) is 33.8 Å². The zero-order valence-corrected chi connectivity index (χ0v) is 19.8. The fourth-order valence-corrected chi connectivity index (χ4v) is 5.74. The lowest BCUT2D eigenvalue weighted by atomic mass is 9.93. The summed E-state index contributed by atoms with van der Waals surface area (Å²) in [6.45, 7) is 3.03. The van der Waals surface area contributed by atoms with Crippen LogP contribution in [-0.4, -0.2) is 63.6 Å². The molecule has 3 rings (SSSR count). The SMILES string of the molecule is CN(CCCCO[C@H]1CC[C@H](N(C)S(=O)(=O)c2ccc(C(F)(F)F)cc2)CC1)CC1CC1. The number of sulfonamides is 1. The molecule has 0 unspecified atom stereocenters. The minimum Gasteiger partial charge on any atom is -0.378 e. The molecule has 32 heavy (non-hydrogen) atoms. The van der Waals surface area contributed by atoms with Crippen LogP contribution in [-0.2, 0) is 20.9 Å². The molecule has 182 valence electrons. The number of nitrogens with zero attached hydrogens (tertiary/aromatic N) is 2. The Morgan fingerprint density at radius 2 is 1.59 bits per heavy atom. The number of alkyl halides is 3. The van der Waals surface area contributed by atoms with Crippen molar-refractivity contribution in [3.63, 3.8) is 0 Å². The number of halogens is 3. The van der Waals surface area contributed by atoms with Crippen molar-refractivity contribution in [2.24, 2.45) is 5.92 Å². The maximum atomic E-state index is 12.9. The van der Waals surface area contributed by atoms with E-state index in [1.54, 1.807) is 0 Å². The van der Waals surface area contributed by atoms with E-state index in [-0.39, 0.29) is 17.0 Å². The molecule has 0 saturated heterocycles. The first-order valence-electron chi connectivity index (χ1n) is 11.5. The minimum absolute atomic E-state index is 0.113. The van der Waals surface area contributed by atoms with E-state index in [1.165, 1.54) is 30.7 Å². The molecule has 2 saturated carbocycles. The summed E-state index contributed by atoms with van der Waals surface area (Å²) >= 11 is 0. The molecule has 0 heterocycles. The standard InChI is InChI=1S/C23H35F3N2O3S/c1-27(17-18-5-6-18)15-3-4-16-31-21-11-9-20(10-12-21)28(2)32(29,30)22-13-7-19(8-14-22)23(24,25)26/h7-8,13-14,18,20-21H,3-6,9-12,15-17H2,1-2H3/t20-,21-. The van der Waals surface area contributed by atoms with Crippen molar-refractivity contribution >= 4 is 10.0 Å². The average Bonchev–Trinajstić information content (AvgIpc) is 3.57. The lowest BCUT2D eigenvalue weighted by Gasteiger charge is -2.34. The van der Waals surface area contributed by atoms with Crippen LogP contribution in [0.4, 0.5) is 13.2 Å². The molecule has 9 heteroatoms. The van der Waals surface area contributed by atoms with Gasteiger partial charge < -0.3 is 9.64 Å². The Balaban J connectivity index is 1.39. The molecular weight excluding hydrogens is 441 g/mol. The normalized spacial score (nSPS) is 22.6. The van der Waals surface area contributed by atoms with Crippen molar-refractivity contribution in [3.8, 4) is 0 Å². The van der Waals surface area contributed by atoms with Gasteiger partial charge in [-0.3, -0.25) is 0 Å². The van der Waals surface area contributed by atoms with Crippen LogP contribution in [0.15, 0.2) is 29.2 Å².